The summed E-state index contributed by atoms with van der Waals surface area (Å²) in [4.78, 5) is 31.5. The first-order chi connectivity index (χ1) is 16.8. The number of carbonyl (C=O) groups excluding carboxylic acids is 2. The fourth-order valence-electron chi connectivity index (χ4n) is 3.49. The number of aromatic nitrogens is 1. The summed E-state index contributed by atoms with van der Waals surface area (Å²) in [6, 6.07) is 15.7. The topological polar surface area (TPSA) is 100 Å². The fourth-order valence-corrected chi connectivity index (χ4v) is 3.49. The van der Waals surface area contributed by atoms with Gasteiger partial charge in [-0.25, -0.2) is 13.8 Å². The van der Waals surface area contributed by atoms with Crippen molar-refractivity contribution in [2.45, 2.75) is 25.4 Å². The van der Waals surface area contributed by atoms with Crippen molar-refractivity contribution in [2.75, 3.05) is 25.9 Å². The third-order valence-corrected chi connectivity index (χ3v) is 5.43. The van der Waals surface area contributed by atoms with Gasteiger partial charge in [0.2, 0.25) is 11.8 Å². The molecule has 0 bridgehead atoms. The van der Waals surface area contributed by atoms with Gasteiger partial charge in [-0.3, -0.25) is 14.5 Å². The molecule has 3 rings (SSSR count). The highest BCUT2D eigenvalue weighted by molar-refractivity contribution is 5.88. The number of rotatable bonds is 11. The Morgan fingerprint density at radius 1 is 1.00 bits per heavy atom. The molecule has 0 spiro atoms. The fraction of sp³-hybridized carbons (Fsp3) is 0.269. The van der Waals surface area contributed by atoms with E-state index in [-0.39, 0.29) is 25.4 Å². The number of nitrogens with two attached hydrogens (primary N) is 1. The minimum absolute atomic E-state index is 0.00247. The summed E-state index contributed by atoms with van der Waals surface area (Å²) in [5.41, 5.74) is 7.85. The van der Waals surface area contributed by atoms with Crippen LogP contribution in [-0.4, -0.2) is 47.9 Å². The van der Waals surface area contributed by atoms with Crippen LogP contribution in [-0.2, 0) is 29.0 Å². The lowest BCUT2D eigenvalue weighted by atomic mass is 10.0. The Bertz CT molecular complexity index is 1130. The Morgan fingerprint density at radius 3 is 2.43 bits per heavy atom. The van der Waals surface area contributed by atoms with Gasteiger partial charge in [0, 0.05) is 25.7 Å². The van der Waals surface area contributed by atoms with Gasteiger partial charge in [-0.15, -0.1) is 0 Å². The molecule has 4 N–H and O–H groups in total. The molecular weight excluding hydrogens is 452 g/mol. The van der Waals surface area contributed by atoms with Crippen molar-refractivity contribution in [2.24, 2.45) is 0 Å². The molecule has 0 aliphatic heterocycles. The zero-order chi connectivity index (χ0) is 25.2. The minimum atomic E-state index is -1.01. The predicted molar refractivity (Wildman–Crippen MR) is 130 cm³/mol. The molecule has 0 aliphatic carbocycles. The number of hydrogen-bond donors (Lipinski definition) is 3. The van der Waals surface area contributed by atoms with Crippen LogP contribution in [0, 0.1) is 11.6 Å². The maximum Gasteiger partial charge on any atom is 0.243 e. The number of pyridine rings is 1. The molecule has 1 heterocycles. The van der Waals surface area contributed by atoms with Crippen LogP contribution in [0.2, 0.25) is 0 Å². The van der Waals surface area contributed by atoms with Gasteiger partial charge in [0.25, 0.3) is 0 Å². The van der Waals surface area contributed by atoms with Crippen LogP contribution in [0.15, 0.2) is 66.9 Å². The summed E-state index contributed by atoms with van der Waals surface area (Å²) in [5, 5.41) is 5.48. The van der Waals surface area contributed by atoms with E-state index in [1.165, 1.54) is 6.07 Å². The zero-order valence-corrected chi connectivity index (χ0v) is 19.5. The molecule has 3 aromatic rings. The summed E-state index contributed by atoms with van der Waals surface area (Å²) in [6.07, 6.45) is 2.32. The van der Waals surface area contributed by atoms with Crippen molar-refractivity contribution in [1.29, 1.82) is 0 Å². The molecule has 7 nitrogen and oxygen atoms in total. The number of nitrogen functional groups attached to an aromatic ring is 1. The second kappa shape index (κ2) is 12.6. The van der Waals surface area contributed by atoms with Crippen LogP contribution in [0.1, 0.15) is 16.7 Å². The van der Waals surface area contributed by atoms with Gasteiger partial charge in [-0.2, -0.15) is 0 Å². The average molecular weight is 482 g/mol. The predicted octanol–water partition coefficient (Wildman–Crippen LogP) is 2.46. The van der Waals surface area contributed by atoms with Crippen LogP contribution in [0.3, 0.4) is 0 Å². The van der Waals surface area contributed by atoms with Crippen molar-refractivity contribution in [1.82, 2.24) is 20.5 Å². The summed E-state index contributed by atoms with van der Waals surface area (Å²) in [6.45, 7) is 0.908. The summed E-state index contributed by atoms with van der Waals surface area (Å²) in [7, 11) is 1.82. The second-order valence-electron chi connectivity index (χ2n) is 8.36. The maximum absolute atomic E-state index is 13.7. The van der Waals surface area contributed by atoms with Crippen molar-refractivity contribution in [3.63, 3.8) is 0 Å². The summed E-state index contributed by atoms with van der Waals surface area (Å²) in [5.74, 6) is -2.43. The molecule has 2 aromatic carbocycles. The second-order valence-corrected chi connectivity index (χ2v) is 8.36. The molecule has 0 saturated carbocycles. The quantitative estimate of drug-likeness (QED) is 0.391. The lowest BCUT2D eigenvalue weighted by Gasteiger charge is -2.21. The van der Waals surface area contributed by atoms with Crippen molar-refractivity contribution in [3.05, 3.63) is 95.2 Å². The van der Waals surface area contributed by atoms with Gasteiger partial charge >= 0.3 is 0 Å². The molecule has 1 atom stereocenters. The average Bonchev–Trinajstić information content (AvgIpc) is 2.84. The monoisotopic (exact) mass is 481 g/mol. The molecular formula is C26H29F2N5O2. The maximum atomic E-state index is 13.7. The molecule has 184 valence electrons. The largest absolute Gasteiger partial charge is 0.384 e. The third-order valence-electron chi connectivity index (χ3n) is 5.43. The van der Waals surface area contributed by atoms with E-state index in [0.717, 1.165) is 29.7 Å². The Labute approximate surface area is 203 Å². The molecule has 0 saturated heterocycles. The zero-order valence-electron chi connectivity index (χ0n) is 19.5. The van der Waals surface area contributed by atoms with E-state index in [1.807, 2.05) is 42.3 Å². The first-order valence-corrected chi connectivity index (χ1v) is 11.2. The number of benzene rings is 2. The standard InChI is InChI=1S/C26H29F2N5O2/c1-33(12-11-18-5-3-2-4-6-18)17-25(34)32-23(14-19-7-9-21(27)22(28)13-19)26(35)31-16-20-8-10-24(29)30-15-20/h2-10,13,15,23H,11-12,14,16-17H2,1H3,(H2,29,30)(H,31,35)(H,32,34). The highest BCUT2D eigenvalue weighted by Gasteiger charge is 2.22. The van der Waals surface area contributed by atoms with E-state index >= 15 is 0 Å². The SMILES string of the molecule is CN(CCc1ccccc1)CC(=O)NC(Cc1ccc(F)c(F)c1)C(=O)NCc1ccc(N)nc1. The van der Waals surface area contributed by atoms with Gasteiger partial charge in [-0.05, 0) is 48.4 Å². The smallest absolute Gasteiger partial charge is 0.243 e. The number of likely N-dealkylation sites (N-methyl/N-ethyl adjacent to an activating group) is 1. The number of carbonyl (C=O) groups is 2. The Hall–Kier alpha value is -3.85. The number of nitrogens with one attached hydrogen (secondary N) is 2. The van der Waals surface area contributed by atoms with Crippen molar-refractivity contribution >= 4 is 17.6 Å². The number of amides is 2. The lowest BCUT2D eigenvalue weighted by Crippen LogP contribution is -2.50. The van der Waals surface area contributed by atoms with Crippen molar-refractivity contribution in [3.8, 4) is 0 Å². The van der Waals surface area contributed by atoms with Gasteiger partial charge in [-0.1, -0.05) is 42.5 Å². The number of anilines is 1. The molecule has 9 heteroatoms. The molecule has 0 aliphatic rings. The van der Waals surface area contributed by atoms with Crippen LogP contribution in [0.5, 0.6) is 0 Å². The van der Waals surface area contributed by atoms with Gasteiger partial charge < -0.3 is 16.4 Å². The number of nitrogens with zero attached hydrogens (tertiary/aromatic N) is 2. The molecule has 0 radical (unpaired) electrons. The van der Waals surface area contributed by atoms with Crippen LogP contribution >= 0.6 is 0 Å². The van der Waals surface area contributed by atoms with Crippen LogP contribution in [0.4, 0.5) is 14.6 Å². The minimum Gasteiger partial charge on any atom is -0.384 e. The Kier molecular flexibility index (Phi) is 9.25. The first-order valence-electron chi connectivity index (χ1n) is 11.2. The number of halogens is 2. The highest BCUT2D eigenvalue weighted by atomic mass is 19.2. The summed E-state index contributed by atoms with van der Waals surface area (Å²) < 4.78 is 27.0. The van der Waals surface area contributed by atoms with E-state index in [1.54, 1.807) is 18.3 Å². The molecule has 2 amide bonds. The molecule has 1 unspecified atom stereocenters. The van der Waals surface area contributed by atoms with Gasteiger partial charge in [0.15, 0.2) is 11.6 Å². The highest BCUT2D eigenvalue weighted by Crippen LogP contribution is 2.11. The van der Waals surface area contributed by atoms with E-state index in [2.05, 4.69) is 15.6 Å². The molecule has 1 aromatic heterocycles. The Morgan fingerprint density at radius 2 is 1.74 bits per heavy atom. The normalized spacial score (nSPS) is 11.8. The third kappa shape index (κ3) is 8.46. The molecule has 0 fully saturated rings. The van der Waals surface area contributed by atoms with Crippen LogP contribution < -0.4 is 16.4 Å². The number of hydrogen-bond acceptors (Lipinski definition) is 5. The summed E-state index contributed by atoms with van der Waals surface area (Å²) >= 11 is 0. The first kappa shape index (κ1) is 25.8. The van der Waals surface area contributed by atoms with Crippen molar-refractivity contribution < 1.29 is 18.4 Å². The van der Waals surface area contributed by atoms with Gasteiger partial charge in [0.05, 0.1) is 6.54 Å². The van der Waals surface area contributed by atoms with E-state index in [9.17, 15) is 18.4 Å². The van der Waals surface area contributed by atoms with E-state index in [4.69, 9.17) is 5.73 Å². The Balaban J connectivity index is 1.61. The van der Waals surface area contributed by atoms with Crippen LogP contribution in [0.25, 0.3) is 0 Å². The van der Waals surface area contributed by atoms with E-state index < -0.39 is 23.6 Å². The van der Waals surface area contributed by atoms with E-state index in [0.29, 0.717) is 17.9 Å². The lowest BCUT2D eigenvalue weighted by molar-refractivity contribution is -0.129. The van der Waals surface area contributed by atoms with Gasteiger partial charge in [0.1, 0.15) is 11.9 Å². The molecule has 35 heavy (non-hydrogen) atoms.